The summed E-state index contributed by atoms with van der Waals surface area (Å²) in [5, 5.41) is 0. The summed E-state index contributed by atoms with van der Waals surface area (Å²) in [4.78, 5) is 20.2. The van der Waals surface area contributed by atoms with Gasteiger partial charge >= 0.3 is 0 Å². The number of aromatic amines is 1. The van der Waals surface area contributed by atoms with Gasteiger partial charge in [0.1, 0.15) is 0 Å². The molecule has 0 aromatic carbocycles. The van der Waals surface area contributed by atoms with Crippen LogP contribution >= 0.6 is 0 Å². The molecule has 17 heavy (non-hydrogen) atoms. The van der Waals surface area contributed by atoms with Gasteiger partial charge in [0.25, 0.3) is 5.56 Å². The van der Waals surface area contributed by atoms with Gasteiger partial charge in [0, 0.05) is 19.6 Å². The van der Waals surface area contributed by atoms with E-state index in [1.165, 1.54) is 13.4 Å². The van der Waals surface area contributed by atoms with Crippen molar-refractivity contribution in [1.82, 2.24) is 9.97 Å². The number of H-pyrrole nitrogens is 1. The highest BCUT2D eigenvalue weighted by atomic mass is 16.5. The van der Waals surface area contributed by atoms with Gasteiger partial charge in [0.05, 0.1) is 13.4 Å². The number of aromatic nitrogens is 2. The highest BCUT2D eigenvalue weighted by Crippen LogP contribution is 2.20. The highest BCUT2D eigenvalue weighted by molar-refractivity contribution is 5.50. The number of nitrogens with zero attached hydrogens (tertiary/aromatic N) is 2. The number of nitrogens with two attached hydrogens (primary N) is 1. The molecule has 3 N–H and O–H groups in total. The molecule has 0 bridgehead atoms. The lowest BCUT2D eigenvalue weighted by molar-refractivity contribution is 0.404. The quantitative estimate of drug-likeness (QED) is 0.742. The molecule has 0 aliphatic carbocycles. The van der Waals surface area contributed by atoms with Crippen molar-refractivity contribution in [3.63, 3.8) is 0 Å². The number of hydrogen-bond acceptors (Lipinski definition) is 5. The van der Waals surface area contributed by atoms with Crippen molar-refractivity contribution in [2.75, 3.05) is 31.6 Å². The minimum atomic E-state index is -0.275. The van der Waals surface area contributed by atoms with Crippen molar-refractivity contribution in [2.45, 2.75) is 13.8 Å². The van der Waals surface area contributed by atoms with Gasteiger partial charge in [-0.1, -0.05) is 13.8 Å². The van der Waals surface area contributed by atoms with Gasteiger partial charge in [0.2, 0.25) is 5.75 Å². The summed E-state index contributed by atoms with van der Waals surface area (Å²) in [6, 6.07) is 0. The van der Waals surface area contributed by atoms with Crippen molar-refractivity contribution in [3.05, 3.63) is 16.7 Å². The topological polar surface area (TPSA) is 84.2 Å². The van der Waals surface area contributed by atoms with Crippen LogP contribution in [0.5, 0.6) is 5.75 Å². The van der Waals surface area contributed by atoms with Crippen molar-refractivity contribution in [1.29, 1.82) is 0 Å². The van der Waals surface area contributed by atoms with Crippen molar-refractivity contribution in [3.8, 4) is 5.75 Å². The van der Waals surface area contributed by atoms with E-state index in [4.69, 9.17) is 10.5 Å². The van der Waals surface area contributed by atoms with Gasteiger partial charge in [-0.15, -0.1) is 0 Å². The fourth-order valence-corrected chi connectivity index (χ4v) is 1.67. The Kier molecular flexibility index (Phi) is 4.96. The van der Waals surface area contributed by atoms with Crippen LogP contribution in [-0.2, 0) is 0 Å². The maximum atomic E-state index is 11.6. The van der Waals surface area contributed by atoms with Crippen LogP contribution < -0.4 is 20.9 Å². The molecule has 0 saturated heterocycles. The zero-order chi connectivity index (χ0) is 12.8. The predicted molar refractivity (Wildman–Crippen MR) is 67.5 cm³/mol. The van der Waals surface area contributed by atoms with Crippen molar-refractivity contribution >= 4 is 5.82 Å². The van der Waals surface area contributed by atoms with Gasteiger partial charge < -0.3 is 20.4 Å². The standard InChI is InChI=1S/C11H20N4O2/c1-8(2)6-15(5-4-12)10-9(17-3)11(16)14-7-13-10/h7-8H,4-6,12H2,1-3H3,(H,13,14,16). The molecule has 1 heterocycles. The number of rotatable bonds is 6. The van der Waals surface area contributed by atoms with Gasteiger partial charge in [0.15, 0.2) is 5.82 Å². The first kappa shape index (κ1) is 13.5. The van der Waals surface area contributed by atoms with Crippen molar-refractivity contribution in [2.24, 2.45) is 11.7 Å². The molecular weight excluding hydrogens is 220 g/mol. The molecule has 0 aliphatic heterocycles. The Morgan fingerprint density at radius 2 is 2.29 bits per heavy atom. The molecule has 6 nitrogen and oxygen atoms in total. The molecule has 0 spiro atoms. The van der Waals surface area contributed by atoms with E-state index in [1.54, 1.807) is 0 Å². The Hall–Kier alpha value is -1.56. The number of anilines is 1. The molecule has 1 rings (SSSR count). The smallest absolute Gasteiger partial charge is 0.295 e. The van der Waals surface area contributed by atoms with Crippen LogP contribution in [0.15, 0.2) is 11.1 Å². The van der Waals surface area contributed by atoms with E-state index in [0.717, 1.165) is 6.54 Å². The summed E-state index contributed by atoms with van der Waals surface area (Å²) in [5.74, 6) is 1.24. The first-order valence-corrected chi connectivity index (χ1v) is 5.66. The zero-order valence-electron chi connectivity index (χ0n) is 10.6. The first-order valence-electron chi connectivity index (χ1n) is 5.66. The monoisotopic (exact) mass is 240 g/mol. The first-order chi connectivity index (χ1) is 8.10. The molecule has 0 radical (unpaired) electrons. The lowest BCUT2D eigenvalue weighted by Gasteiger charge is -2.25. The van der Waals surface area contributed by atoms with E-state index < -0.39 is 0 Å². The van der Waals surface area contributed by atoms with Crippen molar-refractivity contribution < 1.29 is 4.74 Å². The Morgan fingerprint density at radius 1 is 1.59 bits per heavy atom. The van der Waals surface area contributed by atoms with E-state index in [2.05, 4.69) is 23.8 Å². The van der Waals surface area contributed by atoms with Gasteiger partial charge in [-0.05, 0) is 5.92 Å². The summed E-state index contributed by atoms with van der Waals surface area (Å²) < 4.78 is 5.10. The van der Waals surface area contributed by atoms with Crippen LogP contribution in [0.25, 0.3) is 0 Å². The molecule has 0 aliphatic rings. The van der Waals surface area contributed by atoms with Crippen LogP contribution in [0.4, 0.5) is 5.82 Å². The molecule has 0 amide bonds. The summed E-state index contributed by atoms with van der Waals surface area (Å²) in [6.45, 7) is 6.13. The molecule has 0 saturated carbocycles. The van der Waals surface area contributed by atoms with Crippen LogP contribution in [0.2, 0.25) is 0 Å². The molecule has 0 atom stereocenters. The second-order valence-electron chi connectivity index (χ2n) is 4.22. The van der Waals surface area contributed by atoms with Crippen LogP contribution in [-0.4, -0.2) is 36.7 Å². The van der Waals surface area contributed by atoms with Crippen LogP contribution in [0.1, 0.15) is 13.8 Å². The molecule has 96 valence electrons. The Bertz CT molecular complexity index is 403. The van der Waals surface area contributed by atoms with E-state index >= 15 is 0 Å². The fraction of sp³-hybridized carbons (Fsp3) is 0.636. The van der Waals surface area contributed by atoms with Gasteiger partial charge in [-0.2, -0.15) is 0 Å². The second-order valence-corrected chi connectivity index (χ2v) is 4.22. The Morgan fingerprint density at radius 3 is 2.82 bits per heavy atom. The number of nitrogens with one attached hydrogen (secondary N) is 1. The zero-order valence-corrected chi connectivity index (χ0v) is 10.6. The number of methoxy groups -OCH3 is 1. The van der Waals surface area contributed by atoms with Crippen LogP contribution in [0, 0.1) is 5.92 Å². The number of ether oxygens (including phenoxy) is 1. The van der Waals surface area contributed by atoms with E-state index in [0.29, 0.717) is 24.8 Å². The largest absolute Gasteiger partial charge is 0.489 e. The molecule has 1 aromatic heterocycles. The Balaban J connectivity index is 3.08. The second kappa shape index (κ2) is 6.24. The summed E-state index contributed by atoms with van der Waals surface area (Å²) in [7, 11) is 1.46. The maximum absolute atomic E-state index is 11.6. The van der Waals surface area contributed by atoms with E-state index in [-0.39, 0.29) is 11.3 Å². The lowest BCUT2D eigenvalue weighted by Crippen LogP contribution is -2.34. The molecular formula is C11H20N4O2. The number of hydrogen-bond donors (Lipinski definition) is 2. The third-order valence-corrected chi connectivity index (χ3v) is 2.28. The minimum absolute atomic E-state index is 0.238. The summed E-state index contributed by atoms with van der Waals surface area (Å²) in [5.41, 5.74) is 5.30. The van der Waals surface area contributed by atoms with Crippen LogP contribution in [0.3, 0.4) is 0 Å². The summed E-state index contributed by atoms with van der Waals surface area (Å²) >= 11 is 0. The summed E-state index contributed by atoms with van der Waals surface area (Å²) in [6.07, 6.45) is 1.38. The molecule has 1 aromatic rings. The molecule has 0 unspecified atom stereocenters. The third-order valence-electron chi connectivity index (χ3n) is 2.28. The Labute approximate surface area is 101 Å². The SMILES string of the molecule is COc1c(N(CCN)CC(C)C)nc[nH]c1=O. The normalized spacial score (nSPS) is 10.6. The highest BCUT2D eigenvalue weighted by Gasteiger charge is 2.16. The fourth-order valence-electron chi connectivity index (χ4n) is 1.67. The maximum Gasteiger partial charge on any atom is 0.295 e. The molecule has 0 fully saturated rings. The lowest BCUT2D eigenvalue weighted by atomic mass is 10.2. The van der Waals surface area contributed by atoms with E-state index in [9.17, 15) is 4.79 Å². The minimum Gasteiger partial charge on any atom is -0.489 e. The van der Waals surface area contributed by atoms with E-state index in [1.807, 2.05) is 4.90 Å². The van der Waals surface area contributed by atoms with Gasteiger partial charge in [-0.3, -0.25) is 4.79 Å². The predicted octanol–water partition coefficient (Wildman–Crippen LogP) is 0.200. The third kappa shape index (κ3) is 3.45. The average molecular weight is 240 g/mol. The molecule has 6 heteroatoms. The van der Waals surface area contributed by atoms with Gasteiger partial charge in [-0.25, -0.2) is 4.98 Å². The average Bonchev–Trinajstić information content (AvgIpc) is 2.27.